The molecule has 1 atom stereocenters. The topological polar surface area (TPSA) is 86.8 Å². The third kappa shape index (κ3) is 8.71. The van der Waals surface area contributed by atoms with Crippen LogP contribution in [0.25, 0.3) is 0 Å². The van der Waals surface area contributed by atoms with Gasteiger partial charge in [-0.15, -0.1) is 0 Å². The van der Waals surface area contributed by atoms with Crippen LogP contribution in [0.1, 0.15) is 30.9 Å². The Balaban J connectivity index is 2.05. The molecule has 0 bridgehead atoms. The van der Waals surface area contributed by atoms with E-state index < -0.39 is 28.5 Å². The minimum Gasteiger partial charge on any atom is -0.354 e. The van der Waals surface area contributed by atoms with E-state index in [1.807, 2.05) is 37.3 Å². The minimum absolute atomic E-state index is 0.0112. The summed E-state index contributed by atoms with van der Waals surface area (Å²) in [6.45, 7) is 1.96. The van der Waals surface area contributed by atoms with Gasteiger partial charge in [0, 0.05) is 24.5 Å². The maximum Gasteiger partial charge on any atom is 0.244 e. The van der Waals surface area contributed by atoms with E-state index in [0.717, 1.165) is 29.0 Å². The lowest BCUT2D eigenvalue weighted by atomic mass is 10.0. The fourth-order valence-electron chi connectivity index (χ4n) is 4.12. The van der Waals surface area contributed by atoms with Gasteiger partial charge in [-0.05, 0) is 35.7 Å². The number of nitrogens with zero attached hydrogens (tertiary/aromatic N) is 2. The molecule has 2 amide bonds. The lowest BCUT2D eigenvalue weighted by molar-refractivity contribution is -0.140. The predicted molar refractivity (Wildman–Crippen MR) is 157 cm³/mol. The van der Waals surface area contributed by atoms with Crippen LogP contribution >= 0.6 is 23.2 Å². The zero-order valence-electron chi connectivity index (χ0n) is 22.0. The highest BCUT2D eigenvalue weighted by atomic mass is 35.5. The number of amides is 2. The number of halogens is 2. The fourth-order valence-corrected chi connectivity index (χ4v) is 5.46. The highest BCUT2D eigenvalue weighted by molar-refractivity contribution is 7.92. The monoisotopic (exact) mass is 589 g/mol. The third-order valence-electron chi connectivity index (χ3n) is 6.20. The fraction of sp³-hybridized carbons (Fsp3) is 0.310. The molecule has 7 nitrogen and oxygen atoms in total. The van der Waals surface area contributed by atoms with Gasteiger partial charge in [-0.3, -0.25) is 13.9 Å². The van der Waals surface area contributed by atoms with Crippen molar-refractivity contribution in [1.82, 2.24) is 10.2 Å². The lowest BCUT2D eigenvalue weighted by Gasteiger charge is -2.33. The summed E-state index contributed by atoms with van der Waals surface area (Å²) in [5.41, 5.74) is 1.67. The molecule has 3 aromatic carbocycles. The Morgan fingerprint density at radius 3 is 2.13 bits per heavy atom. The number of rotatable bonds is 13. The van der Waals surface area contributed by atoms with Crippen LogP contribution in [-0.2, 0) is 32.6 Å². The second-order valence-corrected chi connectivity index (χ2v) is 11.9. The zero-order chi connectivity index (χ0) is 28.4. The molecular formula is C29H33Cl2N3O4S. The molecule has 39 heavy (non-hydrogen) atoms. The van der Waals surface area contributed by atoms with Gasteiger partial charge in [0.05, 0.1) is 17.0 Å². The minimum atomic E-state index is -3.90. The number of carbonyl (C=O) groups is 2. The molecule has 0 heterocycles. The Morgan fingerprint density at radius 1 is 0.897 bits per heavy atom. The Kier molecular flexibility index (Phi) is 11.2. The summed E-state index contributed by atoms with van der Waals surface area (Å²) in [6, 6.07) is 21.9. The van der Waals surface area contributed by atoms with E-state index in [4.69, 9.17) is 23.2 Å². The van der Waals surface area contributed by atoms with Crippen molar-refractivity contribution in [3.8, 4) is 0 Å². The number of hydrogen-bond acceptors (Lipinski definition) is 4. The van der Waals surface area contributed by atoms with Crippen LogP contribution in [0.2, 0.25) is 10.0 Å². The molecule has 3 rings (SSSR count). The van der Waals surface area contributed by atoms with Crippen LogP contribution in [-0.4, -0.2) is 50.5 Å². The highest BCUT2D eigenvalue weighted by Crippen LogP contribution is 2.28. The summed E-state index contributed by atoms with van der Waals surface area (Å²) in [4.78, 5) is 29.0. The maximum absolute atomic E-state index is 14.0. The van der Waals surface area contributed by atoms with Crippen molar-refractivity contribution in [3.05, 3.63) is 100 Å². The molecule has 0 spiro atoms. The first-order chi connectivity index (χ1) is 18.6. The van der Waals surface area contributed by atoms with Gasteiger partial charge in [-0.2, -0.15) is 0 Å². The Morgan fingerprint density at radius 2 is 1.51 bits per heavy atom. The average molecular weight is 591 g/mol. The van der Waals surface area contributed by atoms with Crippen molar-refractivity contribution in [1.29, 1.82) is 0 Å². The molecule has 0 aliphatic heterocycles. The number of benzene rings is 3. The molecule has 0 fully saturated rings. The van der Waals surface area contributed by atoms with Crippen molar-refractivity contribution in [2.24, 2.45) is 0 Å². The molecule has 1 N–H and O–H groups in total. The summed E-state index contributed by atoms with van der Waals surface area (Å²) in [6.07, 6.45) is 2.94. The van der Waals surface area contributed by atoms with Crippen LogP contribution in [0.5, 0.6) is 0 Å². The number of sulfonamides is 1. The second-order valence-electron chi connectivity index (χ2n) is 9.18. The smallest absolute Gasteiger partial charge is 0.244 e. The molecule has 0 aliphatic rings. The molecular weight excluding hydrogens is 557 g/mol. The molecule has 0 saturated heterocycles. The van der Waals surface area contributed by atoms with Gasteiger partial charge < -0.3 is 10.2 Å². The van der Waals surface area contributed by atoms with Crippen molar-refractivity contribution < 1.29 is 18.0 Å². The number of nitrogens with one attached hydrogen (secondary N) is 1. The number of unbranched alkanes of at least 4 members (excludes halogenated alkanes) is 1. The van der Waals surface area contributed by atoms with Crippen molar-refractivity contribution in [2.45, 2.75) is 38.8 Å². The number of anilines is 1. The molecule has 0 unspecified atom stereocenters. The molecule has 0 aliphatic carbocycles. The van der Waals surface area contributed by atoms with Gasteiger partial charge in [-0.25, -0.2) is 8.42 Å². The van der Waals surface area contributed by atoms with E-state index in [-0.39, 0.29) is 29.6 Å². The first kappa shape index (κ1) is 30.5. The van der Waals surface area contributed by atoms with Crippen molar-refractivity contribution in [2.75, 3.05) is 23.7 Å². The lowest BCUT2D eigenvalue weighted by Crippen LogP contribution is -2.53. The zero-order valence-corrected chi connectivity index (χ0v) is 24.3. The van der Waals surface area contributed by atoms with E-state index in [0.29, 0.717) is 17.1 Å². The normalized spacial score (nSPS) is 12.0. The maximum atomic E-state index is 14.0. The Hall–Kier alpha value is -3.07. The van der Waals surface area contributed by atoms with Gasteiger partial charge in [0.1, 0.15) is 12.6 Å². The molecule has 0 saturated carbocycles. The summed E-state index contributed by atoms with van der Waals surface area (Å²) in [7, 11) is -3.90. The average Bonchev–Trinajstić information content (AvgIpc) is 2.90. The standard InChI is InChI=1S/C29H33Cl2N3O4S/c1-3-4-18-32-29(36)27(19-22-12-6-5-7-13-22)33(20-23-14-8-9-15-24(23)30)28(35)21-34(39(2,37)38)26-17-11-10-16-25(26)31/h5-17,27H,3-4,18-21H2,1-2H3,(H,32,36)/t27-/m1/s1. The van der Waals surface area contributed by atoms with E-state index in [1.54, 1.807) is 42.5 Å². The van der Waals surface area contributed by atoms with E-state index in [9.17, 15) is 18.0 Å². The van der Waals surface area contributed by atoms with Gasteiger partial charge >= 0.3 is 0 Å². The van der Waals surface area contributed by atoms with Gasteiger partial charge in [0.15, 0.2) is 0 Å². The molecule has 0 radical (unpaired) electrons. The predicted octanol–water partition coefficient (Wildman–Crippen LogP) is 5.32. The van der Waals surface area contributed by atoms with Gasteiger partial charge in [-0.1, -0.05) is 97.2 Å². The number of para-hydroxylation sites is 1. The quantitative estimate of drug-likeness (QED) is 0.273. The molecule has 208 valence electrons. The van der Waals surface area contributed by atoms with Crippen LogP contribution in [0.4, 0.5) is 5.69 Å². The molecule has 10 heteroatoms. The summed E-state index contributed by atoms with van der Waals surface area (Å²) in [5, 5.41) is 3.57. The van der Waals surface area contributed by atoms with E-state index >= 15 is 0 Å². The number of carbonyl (C=O) groups excluding carboxylic acids is 2. The van der Waals surface area contributed by atoms with E-state index in [2.05, 4.69) is 5.32 Å². The van der Waals surface area contributed by atoms with Crippen molar-refractivity contribution >= 4 is 50.7 Å². The second kappa shape index (κ2) is 14.4. The first-order valence-electron chi connectivity index (χ1n) is 12.7. The van der Waals surface area contributed by atoms with Crippen LogP contribution < -0.4 is 9.62 Å². The number of hydrogen-bond donors (Lipinski definition) is 1. The van der Waals surface area contributed by atoms with Crippen LogP contribution in [0.3, 0.4) is 0 Å². The van der Waals surface area contributed by atoms with Gasteiger partial charge in [0.25, 0.3) is 0 Å². The van der Waals surface area contributed by atoms with Crippen LogP contribution in [0.15, 0.2) is 78.9 Å². The summed E-state index contributed by atoms with van der Waals surface area (Å²) < 4.78 is 26.6. The SMILES string of the molecule is CCCCNC(=O)[C@@H](Cc1ccccc1)N(Cc1ccccc1Cl)C(=O)CN(c1ccccc1Cl)S(C)(=O)=O. The summed E-state index contributed by atoms with van der Waals surface area (Å²) in [5.74, 6) is -0.886. The van der Waals surface area contributed by atoms with Crippen molar-refractivity contribution in [3.63, 3.8) is 0 Å². The Labute approximate surface area is 240 Å². The van der Waals surface area contributed by atoms with E-state index in [1.165, 1.54) is 11.0 Å². The largest absolute Gasteiger partial charge is 0.354 e. The summed E-state index contributed by atoms with van der Waals surface area (Å²) >= 11 is 12.8. The Bertz CT molecular complexity index is 1370. The molecule has 3 aromatic rings. The van der Waals surface area contributed by atoms with Crippen LogP contribution in [0, 0.1) is 0 Å². The highest BCUT2D eigenvalue weighted by Gasteiger charge is 2.33. The molecule has 0 aromatic heterocycles. The first-order valence-corrected chi connectivity index (χ1v) is 15.3. The van der Waals surface area contributed by atoms with Gasteiger partial charge in [0.2, 0.25) is 21.8 Å². The third-order valence-corrected chi connectivity index (χ3v) is 8.01.